The van der Waals surface area contributed by atoms with E-state index in [1.165, 1.54) is 0 Å². The van der Waals surface area contributed by atoms with Crippen molar-refractivity contribution in [1.82, 2.24) is 5.32 Å². The van der Waals surface area contributed by atoms with E-state index < -0.39 is 18.2 Å². The largest absolute Gasteiger partial charge is 0.394 e. The van der Waals surface area contributed by atoms with Gasteiger partial charge in [0.1, 0.15) is 5.78 Å². The maximum absolute atomic E-state index is 12.2. The Morgan fingerprint density at radius 1 is 1.20 bits per heavy atom. The summed E-state index contributed by atoms with van der Waals surface area (Å²) < 4.78 is 0. The molecule has 0 spiro atoms. The molecular weight excluding hydrogens is 386 g/mol. The van der Waals surface area contributed by atoms with Crippen LogP contribution in [0.25, 0.3) is 0 Å². The monoisotopic (exact) mass is 425 g/mol. The topological polar surface area (TPSA) is 127 Å². The predicted molar refractivity (Wildman–Crippen MR) is 116 cm³/mol. The molecule has 0 aromatic heterocycles. The average molecular weight is 426 g/mol. The molecule has 172 valence electrons. The highest BCUT2D eigenvalue weighted by molar-refractivity contribution is 5.84. The lowest BCUT2D eigenvalue weighted by Gasteiger charge is -2.16. The molecule has 0 radical (unpaired) electrons. The van der Waals surface area contributed by atoms with Crippen molar-refractivity contribution in [2.75, 3.05) is 13.2 Å². The summed E-state index contributed by atoms with van der Waals surface area (Å²) in [6.45, 7) is 1.52. The van der Waals surface area contributed by atoms with Crippen LogP contribution in [0.4, 0.5) is 0 Å². The van der Waals surface area contributed by atoms with Crippen molar-refractivity contribution in [3.8, 4) is 0 Å². The van der Waals surface area contributed by atoms with Crippen LogP contribution in [-0.4, -0.2) is 63.6 Å². The highest BCUT2D eigenvalue weighted by Gasteiger charge is 2.39. The van der Waals surface area contributed by atoms with Gasteiger partial charge in [0.05, 0.1) is 31.5 Å². The first kappa shape index (κ1) is 26.5. The minimum absolute atomic E-state index is 0.0423. The Labute approximate surface area is 179 Å². The Kier molecular flexibility index (Phi) is 13.5. The smallest absolute Gasteiger partial charge is 0.220 e. The fourth-order valence-corrected chi connectivity index (χ4v) is 3.67. The van der Waals surface area contributed by atoms with E-state index >= 15 is 0 Å². The Bertz CT molecular complexity index is 558. The number of allylic oxidation sites excluding steroid dienone is 2. The van der Waals surface area contributed by atoms with Gasteiger partial charge in [0.15, 0.2) is 0 Å². The quantitative estimate of drug-likeness (QED) is 0.200. The molecule has 1 fully saturated rings. The number of aliphatic hydroxyl groups excluding tert-OH is 4. The molecule has 0 heterocycles. The Balaban J connectivity index is 2.40. The standard InChI is InChI=1S/C23H39NO6/c1-2-3-6-9-18(27)12-13-20-19(21(28)14-22(20)29)10-7-4-5-8-11-23(30)24-17(15-25)16-26/h4,7,12-13,17-20,22,25-27,29H,2-3,5-6,8-11,14-16H2,1H3,(H,24,30)/b7-4-,13-12+/t18?,19-,20-,22?/m1/s1. The third-order valence-electron chi connectivity index (χ3n) is 5.53. The molecule has 0 bridgehead atoms. The SMILES string of the molecule is CCCCCC(O)/C=C/[C@H]1C(O)CC(=O)[C@@H]1C/C=C\CCCC(=O)NC(CO)CO. The van der Waals surface area contributed by atoms with Gasteiger partial charge in [0.25, 0.3) is 0 Å². The number of carbonyl (C=O) groups is 2. The zero-order valence-electron chi connectivity index (χ0n) is 18.1. The van der Waals surface area contributed by atoms with Gasteiger partial charge in [-0.3, -0.25) is 9.59 Å². The fourth-order valence-electron chi connectivity index (χ4n) is 3.67. The van der Waals surface area contributed by atoms with Crippen molar-refractivity contribution in [1.29, 1.82) is 0 Å². The minimum atomic E-state index is -0.704. The summed E-state index contributed by atoms with van der Waals surface area (Å²) in [4.78, 5) is 23.9. The predicted octanol–water partition coefficient (Wildman–Crippen LogP) is 1.64. The van der Waals surface area contributed by atoms with Crippen LogP contribution in [-0.2, 0) is 9.59 Å². The summed E-state index contributed by atoms with van der Waals surface area (Å²) in [7, 11) is 0. The molecule has 5 N–H and O–H groups in total. The van der Waals surface area contributed by atoms with Gasteiger partial charge in [-0.2, -0.15) is 0 Å². The number of rotatable bonds is 15. The second kappa shape index (κ2) is 15.3. The van der Waals surface area contributed by atoms with E-state index in [4.69, 9.17) is 10.2 Å². The molecule has 0 saturated heterocycles. The van der Waals surface area contributed by atoms with Gasteiger partial charge in [-0.25, -0.2) is 0 Å². The van der Waals surface area contributed by atoms with E-state index in [-0.39, 0.29) is 43.2 Å². The molecule has 1 amide bonds. The molecule has 0 aromatic carbocycles. The molecule has 0 aromatic rings. The van der Waals surface area contributed by atoms with E-state index in [0.717, 1.165) is 19.3 Å². The number of ketones is 1. The second-order valence-electron chi connectivity index (χ2n) is 8.10. The summed E-state index contributed by atoms with van der Waals surface area (Å²) in [5.74, 6) is -0.731. The fraction of sp³-hybridized carbons (Fsp3) is 0.739. The van der Waals surface area contributed by atoms with Crippen molar-refractivity contribution < 1.29 is 30.0 Å². The average Bonchev–Trinajstić information content (AvgIpc) is 2.99. The van der Waals surface area contributed by atoms with Crippen LogP contribution in [0.5, 0.6) is 0 Å². The van der Waals surface area contributed by atoms with Crippen molar-refractivity contribution in [2.24, 2.45) is 11.8 Å². The molecule has 2 unspecified atom stereocenters. The molecule has 1 aliphatic rings. The van der Waals surface area contributed by atoms with E-state index in [1.807, 2.05) is 12.2 Å². The number of aliphatic hydroxyl groups is 4. The van der Waals surface area contributed by atoms with Crippen LogP contribution >= 0.6 is 0 Å². The zero-order chi connectivity index (χ0) is 22.4. The molecule has 4 atom stereocenters. The molecular formula is C23H39NO6. The van der Waals surface area contributed by atoms with Crippen molar-refractivity contribution in [2.45, 2.75) is 83.0 Å². The van der Waals surface area contributed by atoms with Crippen molar-refractivity contribution in [3.05, 3.63) is 24.3 Å². The summed E-state index contributed by atoms with van der Waals surface area (Å²) in [6.07, 6.45) is 12.2. The van der Waals surface area contributed by atoms with Gasteiger partial charge in [-0.15, -0.1) is 0 Å². The number of amides is 1. The Morgan fingerprint density at radius 2 is 1.93 bits per heavy atom. The Hall–Kier alpha value is -1.54. The number of unbranched alkanes of at least 4 members (excludes halogenated alkanes) is 3. The highest BCUT2D eigenvalue weighted by atomic mass is 16.3. The molecule has 7 heteroatoms. The first-order chi connectivity index (χ1) is 14.4. The normalized spacial score (nSPS) is 23.1. The highest BCUT2D eigenvalue weighted by Crippen LogP contribution is 2.33. The zero-order valence-corrected chi connectivity index (χ0v) is 18.1. The third-order valence-corrected chi connectivity index (χ3v) is 5.53. The van der Waals surface area contributed by atoms with Crippen molar-refractivity contribution >= 4 is 11.7 Å². The third kappa shape index (κ3) is 9.98. The first-order valence-electron chi connectivity index (χ1n) is 11.2. The van der Waals surface area contributed by atoms with Crippen LogP contribution in [0.15, 0.2) is 24.3 Å². The van der Waals surface area contributed by atoms with Gasteiger partial charge in [-0.05, 0) is 25.7 Å². The second-order valence-corrected chi connectivity index (χ2v) is 8.10. The number of carbonyl (C=O) groups excluding carboxylic acids is 2. The van der Waals surface area contributed by atoms with E-state index in [1.54, 1.807) is 12.2 Å². The van der Waals surface area contributed by atoms with Crippen LogP contribution in [0, 0.1) is 11.8 Å². The lowest BCUT2D eigenvalue weighted by molar-refractivity contribution is -0.122. The number of hydrogen-bond acceptors (Lipinski definition) is 6. The first-order valence-corrected chi connectivity index (χ1v) is 11.2. The van der Waals surface area contributed by atoms with Crippen LogP contribution in [0.2, 0.25) is 0 Å². The van der Waals surface area contributed by atoms with E-state index in [2.05, 4.69) is 12.2 Å². The number of nitrogens with one attached hydrogen (secondary N) is 1. The number of Topliss-reactive ketones (excluding diaryl/α,β-unsaturated/α-hetero) is 1. The molecule has 7 nitrogen and oxygen atoms in total. The minimum Gasteiger partial charge on any atom is -0.394 e. The van der Waals surface area contributed by atoms with Crippen molar-refractivity contribution in [3.63, 3.8) is 0 Å². The van der Waals surface area contributed by atoms with Gasteiger partial charge in [-0.1, -0.05) is 50.5 Å². The molecule has 30 heavy (non-hydrogen) atoms. The van der Waals surface area contributed by atoms with E-state index in [0.29, 0.717) is 32.1 Å². The maximum atomic E-state index is 12.2. The van der Waals surface area contributed by atoms with Gasteiger partial charge < -0.3 is 25.7 Å². The summed E-state index contributed by atoms with van der Waals surface area (Å²) >= 11 is 0. The van der Waals surface area contributed by atoms with Crippen LogP contribution in [0.3, 0.4) is 0 Å². The number of hydrogen-bond donors (Lipinski definition) is 5. The molecule has 1 rings (SSSR count). The van der Waals surface area contributed by atoms with Gasteiger partial charge in [0, 0.05) is 24.7 Å². The Morgan fingerprint density at radius 3 is 2.60 bits per heavy atom. The summed E-state index contributed by atoms with van der Waals surface area (Å²) in [5, 5.41) is 40.7. The lowest BCUT2D eigenvalue weighted by atomic mass is 9.90. The summed E-state index contributed by atoms with van der Waals surface area (Å²) in [6, 6.07) is -0.622. The maximum Gasteiger partial charge on any atom is 0.220 e. The lowest BCUT2D eigenvalue weighted by Crippen LogP contribution is -2.39. The summed E-state index contributed by atoms with van der Waals surface area (Å²) in [5.41, 5.74) is 0. The van der Waals surface area contributed by atoms with E-state index in [9.17, 15) is 19.8 Å². The van der Waals surface area contributed by atoms with Crippen LogP contribution in [0.1, 0.15) is 64.7 Å². The molecule has 0 aliphatic heterocycles. The van der Waals surface area contributed by atoms with Gasteiger partial charge >= 0.3 is 0 Å². The molecule has 1 saturated carbocycles. The molecule has 1 aliphatic carbocycles. The van der Waals surface area contributed by atoms with Crippen LogP contribution < -0.4 is 5.32 Å². The van der Waals surface area contributed by atoms with Gasteiger partial charge in [0.2, 0.25) is 5.91 Å².